The zero-order valence-electron chi connectivity index (χ0n) is 14.0. The van der Waals surface area contributed by atoms with Gasteiger partial charge in [-0.25, -0.2) is 4.79 Å². The van der Waals surface area contributed by atoms with Crippen molar-refractivity contribution in [2.75, 3.05) is 19.6 Å². The first-order chi connectivity index (χ1) is 10.8. The number of carboxylic acid groups (broad SMARTS) is 1. The number of nitrogens with one attached hydrogen (secondary N) is 2. The van der Waals surface area contributed by atoms with Crippen molar-refractivity contribution in [3.05, 3.63) is 0 Å². The van der Waals surface area contributed by atoms with Gasteiger partial charge in [-0.2, -0.15) is 0 Å². The molecular formula is C15H27N3O5. The highest BCUT2D eigenvalue weighted by Crippen LogP contribution is 2.25. The van der Waals surface area contributed by atoms with Gasteiger partial charge in [0.15, 0.2) is 0 Å². The molecule has 8 heteroatoms. The van der Waals surface area contributed by atoms with Gasteiger partial charge in [-0.1, -0.05) is 6.92 Å². The number of esters is 1. The van der Waals surface area contributed by atoms with E-state index in [1.54, 1.807) is 13.8 Å². The Morgan fingerprint density at radius 2 is 1.96 bits per heavy atom. The number of carbonyl (C=O) groups is 3. The minimum Gasteiger partial charge on any atom is -0.480 e. The minimum absolute atomic E-state index is 0.0258. The highest BCUT2D eigenvalue weighted by Gasteiger charge is 2.34. The summed E-state index contributed by atoms with van der Waals surface area (Å²) in [6.45, 7) is 6.40. The molecular weight excluding hydrogens is 302 g/mol. The van der Waals surface area contributed by atoms with Gasteiger partial charge in [-0.05, 0) is 33.2 Å². The molecule has 8 nitrogen and oxygen atoms in total. The maximum atomic E-state index is 11.7. The number of aliphatic carboxylic acids is 1. The standard InChI is InChI=1S/C15H27N3O5/c1-4-18(9-13(19)20)12-7-11(8-12)17-15(22)16-6-5-14(21)23-10(2)3/h10-12H,4-9H2,1-3H3,(H,19,20)(H2,16,17,22). The van der Waals surface area contributed by atoms with Crippen LogP contribution in [-0.2, 0) is 14.3 Å². The van der Waals surface area contributed by atoms with E-state index in [4.69, 9.17) is 9.84 Å². The van der Waals surface area contributed by atoms with E-state index in [1.165, 1.54) is 0 Å². The van der Waals surface area contributed by atoms with Crippen molar-refractivity contribution in [2.45, 2.75) is 58.2 Å². The summed E-state index contributed by atoms with van der Waals surface area (Å²) < 4.78 is 4.97. The van der Waals surface area contributed by atoms with E-state index in [0.717, 1.165) is 12.8 Å². The Labute approximate surface area is 136 Å². The molecule has 1 fully saturated rings. The molecule has 0 radical (unpaired) electrons. The molecule has 3 N–H and O–H groups in total. The maximum Gasteiger partial charge on any atom is 0.317 e. The average molecular weight is 329 g/mol. The first kappa shape index (κ1) is 19.2. The second-order valence-electron chi connectivity index (χ2n) is 5.97. The first-order valence-electron chi connectivity index (χ1n) is 8.01. The Hall–Kier alpha value is -1.83. The quantitative estimate of drug-likeness (QED) is 0.534. The molecule has 1 aliphatic carbocycles. The number of amides is 2. The molecule has 1 saturated carbocycles. The lowest BCUT2D eigenvalue weighted by Crippen LogP contribution is -2.56. The Balaban J connectivity index is 2.15. The summed E-state index contributed by atoms with van der Waals surface area (Å²) in [5.74, 6) is -1.18. The molecule has 132 valence electrons. The SMILES string of the molecule is CCN(CC(=O)O)C1CC(NC(=O)NCCC(=O)OC(C)C)C1. The van der Waals surface area contributed by atoms with Gasteiger partial charge in [0.2, 0.25) is 0 Å². The zero-order valence-corrected chi connectivity index (χ0v) is 14.0. The largest absolute Gasteiger partial charge is 0.480 e. The molecule has 0 atom stereocenters. The van der Waals surface area contributed by atoms with Gasteiger partial charge in [0.05, 0.1) is 19.1 Å². The number of ether oxygens (including phenoxy) is 1. The van der Waals surface area contributed by atoms with Crippen molar-refractivity contribution in [2.24, 2.45) is 0 Å². The molecule has 0 aliphatic heterocycles. The van der Waals surface area contributed by atoms with Gasteiger partial charge >= 0.3 is 18.0 Å². The lowest BCUT2D eigenvalue weighted by atomic mass is 9.85. The smallest absolute Gasteiger partial charge is 0.317 e. The van der Waals surface area contributed by atoms with Crippen molar-refractivity contribution >= 4 is 18.0 Å². The third-order valence-corrected chi connectivity index (χ3v) is 3.69. The number of urea groups is 1. The zero-order chi connectivity index (χ0) is 17.4. The lowest BCUT2D eigenvalue weighted by molar-refractivity contribution is -0.147. The van der Waals surface area contributed by atoms with Crippen molar-refractivity contribution in [1.82, 2.24) is 15.5 Å². The number of carbonyl (C=O) groups excluding carboxylic acids is 2. The number of hydrogen-bond acceptors (Lipinski definition) is 5. The van der Waals surface area contributed by atoms with Gasteiger partial charge < -0.3 is 20.5 Å². The van der Waals surface area contributed by atoms with Gasteiger partial charge in [-0.15, -0.1) is 0 Å². The van der Waals surface area contributed by atoms with Crippen LogP contribution < -0.4 is 10.6 Å². The van der Waals surface area contributed by atoms with Crippen LogP contribution in [0, 0.1) is 0 Å². The minimum atomic E-state index is -0.839. The van der Waals surface area contributed by atoms with Crippen LogP contribution in [0.5, 0.6) is 0 Å². The third kappa shape index (κ3) is 7.32. The monoisotopic (exact) mass is 329 g/mol. The molecule has 0 saturated heterocycles. The topological polar surface area (TPSA) is 108 Å². The summed E-state index contributed by atoms with van der Waals surface area (Å²) >= 11 is 0. The third-order valence-electron chi connectivity index (χ3n) is 3.69. The van der Waals surface area contributed by atoms with E-state index < -0.39 is 5.97 Å². The van der Waals surface area contributed by atoms with E-state index in [9.17, 15) is 14.4 Å². The predicted molar refractivity (Wildman–Crippen MR) is 84.1 cm³/mol. The van der Waals surface area contributed by atoms with Crippen LogP contribution in [0.1, 0.15) is 40.0 Å². The Morgan fingerprint density at radius 1 is 1.30 bits per heavy atom. The molecule has 1 aliphatic rings. The molecule has 0 spiro atoms. The Kier molecular flexibility index (Phi) is 7.80. The van der Waals surface area contributed by atoms with Gasteiger partial charge in [0.25, 0.3) is 0 Å². The normalized spacial score (nSPS) is 20.0. The fraction of sp³-hybridized carbons (Fsp3) is 0.800. The van der Waals surface area contributed by atoms with Crippen LogP contribution in [0.4, 0.5) is 4.79 Å². The average Bonchev–Trinajstić information content (AvgIpc) is 2.39. The Bertz CT molecular complexity index is 421. The molecule has 0 aromatic heterocycles. The highest BCUT2D eigenvalue weighted by atomic mass is 16.5. The number of nitrogens with zero attached hydrogens (tertiary/aromatic N) is 1. The molecule has 0 heterocycles. The molecule has 23 heavy (non-hydrogen) atoms. The lowest BCUT2D eigenvalue weighted by Gasteiger charge is -2.42. The van der Waals surface area contributed by atoms with E-state index in [0.29, 0.717) is 6.54 Å². The van der Waals surface area contributed by atoms with Crippen molar-refractivity contribution in [3.63, 3.8) is 0 Å². The predicted octanol–water partition coefficient (Wildman–Crippen LogP) is 0.565. The van der Waals surface area contributed by atoms with Crippen molar-refractivity contribution < 1.29 is 24.2 Å². The van der Waals surface area contributed by atoms with Gasteiger partial charge in [-0.3, -0.25) is 14.5 Å². The molecule has 0 aromatic carbocycles. The molecule has 0 bridgehead atoms. The first-order valence-corrected chi connectivity index (χ1v) is 8.01. The van der Waals surface area contributed by atoms with Crippen LogP contribution in [0.25, 0.3) is 0 Å². The fourth-order valence-electron chi connectivity index (χ4n) is 2.51. The molecule has 1 rings (SSSR count). The van der Waals surface area contributed by atoms with E-state index >= 15 is 0 Å². The summed E-state index contributed by atoms with van der Waals surface area (Å²) in [6.07, 6.45) is 1.46. The summed E-state index contributed by atoms with van der Waals surface area (Å²) in [6, 6.07) is -0.0695. The van der Waals surface area contributed by atoms with Crippen LogP contribution in [0.3, 0.4) is 0 Å². The summed E-state index contributed by atoms with van der Waals surface area (Å²) in [5, 5.41) is 14.3. The van der Waals surface area contributed by atoms with Crippen LogP contribution in [-0.4, -0.2) is 65.8 Å². The maximum absolute atomic E-state index is 11.7. The van der Waals surface area contributed by atoms with E-state index in [-0.39, 0.29) is 49.7 Å². The fourth-order valence-corrected chi connectivity index (χ4v) is 2.51. The molecule has 2 amide bonds. The molecule has 0 unspecified atom stereocenters. The molecule has 0 aromatic rings. The number of carboxylic acids is 1. The summed E-state index contributed by atoms with van der Waals surface area (Å²) in [4.78, 5) is 35.7. The van der Waals surface area contributed by atoms with E-state index in [2.05, 4.69) is 10.6 Å². The van der Waals surface area contributed by atoms with Crippen LogP contribution in [0.15, 0.2) is 0 Å². The second-order valence-corrected chi connectivity index (χ2v) is 5.97. The van der Waals surface area contributed by atoms with Crippen LogP contribution >= 0.6 is 0 Å². The van der Waals surface area contributed by atoms with Crippen LogP contribution in [0.2, 0.25) is 0 Å². The highest BCUT2D eigenvalue weighted by molar-refractivity contribution is 5.75. The van der Waals surface area contributed by atoms with Gasteiger partial charge in [0.1, 0.15) is 0 Å². The second kappa shape index (κ2) is 9.34. The number of hydrogen-bond donors (Lipinski definition) is 3. The van der Waals surface area contributed by atoms with Gasteiger partial charge in [0, 0.05) is 18.6 Å². The number of likely N-dealkylation sites (N-methyl/N-ethyl adjacent to an activating group) is 1. The summed E-state index contributed by atoms with van der Waals surface area (Å²) in [7, 11) is 0. The van der Waals surface area contributed by atoms with Crippen molar-refractivity contribution in [3.8, 4) is 0 Å². The van der Waals surface area contributed by atoms with Crippen molar-refractivity contribution in [1.29, 1.82) is 0 Å². The Morgan fingerprint density at radius 3 is 2.48 bits per heavy atom. The number of rotatable bonds is 9. The van der Waals surface area contributed by atoms with E-state index in [1.807, 2.05) is 11.8 Å². The summed E-state index contributed by atoms with van der Waals surface area (Å²) in [5.41, 5.74) is 0.